The van der Waals surface area contributed by atoms with Gasteiger partial charge in [0.25, 0.3) is 0 Å². The first-order valence-electron chi connectivity index (χ1n) is 3.43. The van der Waals surface area contributed by atoms with Gasteiger partial charge in [0.2, 0.25) is 0 Å². The summed E-state index contributed by atoms with van der Waals surface area (Å²) in [7, 11) is 0. The second-order valence-electron chi connectivity index (χ2n) is 2.12. The third-order valence-electron chi connectivity index (χ3n) is 1.27. The molecule has 12 heavy (non-hydrogen) atoms. The normalized spacial score (nSPS) is 9.92. The van der Waals surface area contributed by atoms with Gasteiger partial charge in [0.05, 0.1) is 11.6 Å². The van der Waals surface area contributed by atoms with Crippen LogP contribution in [0.15, 0.2) is 18.2 Å². The van der Waals surface area contributed by atoms with E-state index in [1.54, 1.807) is 18.2 Å². The summed E-state index contributed by atoms with van der Waals surface area (Å²) >= 11 is 15.6. The molecule has 0 bridgehead atoms. The van der Waals surface area contributed by atoms with Crippen LogP contribution in [0.4, 0.5) is 0 Å². The van der Waals surface area contributed by atoms with Crippen molar-refractivity contribution in [2.45, 2.75) is 0 Å². The Balaban J connectivity index is 2.78. The molecule has 0 amide bonds. The van der Waals surface area contributed by atoms with Gasteiger partial charge in [0.1, 0.15) is 10.8 Å². The van der Waals surface area contributed by atoms with Crippen LogP contribution < -0.4 is 4.74 Å². The number of hydrogen-bond donors (Lipinski definition) is 1. The number of hydrogen-bond acceptors (Lipinski definition) is 2. The molecule has 0 spiro atoms. The van der Waals surface area contributed by atoms with E-state index < -0.39 is 0 Å². The molecule has 0 saturated heterocycles. The molecule has 1 aromatic rings. The lowest BCUT2D eigenvalue weighted by Crippen LogP contribution is -1.98. The average Bonchev–Trinajstić information content (AvgIpc) is 2.08. The lowest BCUT2D eigenvalue weighted by molar-refractivity contribution is 0.344. The van der Waals surface area contributed by atoms with E-state index in [9.17, 15) is 0 Å². The Labute approximate surface area is 87.0 Å². The van der Waals surface area contributed by atoms with Crippen LogP contribution in [-0.4, -0.2) is 12.4 Å². The van der Waals surface area contributed by atoms with E-state index in [4.69, 9.17) is 27.9 Å². The number of halogens is 2. The Morgan fingerprint density at radius 3 is 2.75 bits per heavy atom. The van der Waals surface area contributed by atoms with Gasteiger partial charge in [-0.25, -0.2) is 0 Å². The van der Waals surface area contributed by atoms with E-state index in [-0.39, 0.29) is 0 Å². The summed E-state index contributed by atoms with van der Waals surface area (Å²) in [5.41, 5.74) is 0. The predicted octanol–water partition coefficient (Wildman–Crippen LogP) is 3.30. The van der Waals surface area contributed by atoms with Crippen molar-refractivity contribution in [2.75, 3.05) is 12.4 Å². The fourth-order valence-electron chi connectivity index (χ4n) is 0.751. The molecular formula is C8H8Cl2OS. The summed E-state index contributed by atoms with van der Waals surface area (Å²) in [5.74, 6) is 1.27. The summed E-state index contributed by atoms with van der Waals surface area (Å²) in [5, 5.41) is 0.967. The largest absolute Gasteiger partial charge is 0.491 e. The summed E-state index contributed by atoms with van der Waals surface area (Å²) in [6.45, 7) is 0.531. The molecule has 4 heteroatoms. The number of thiol groups is 1. The minimum atomic E-state index is 0.459. The van der Waals surface area contributed by atoms with Gasteiger partial charge in [-0.15, -0.1) is 0 Å². The van der Waals surface area contributed by atoms with Crippen LogP contribution in [0.3, 0.4) is 0 Å². The van der Waals surface area contributed by atoms with Crippen molar-refractivity contribution in [1.29, 1.82) is 0 Å². The van der Waals surface area contributed by atoms with E-state index in [2.05, 4.69) is 12.6 Å². The highest BCUT2D eigenvalue weighted by molar-refractivity contribution is 7.80. The van der Waals surface area contributed by atoms with Crippen LogP contribution in [0.2, 0.25) is 10.0 Å². The van der Waals surface area contributed by atoms with Crippen molar-refractivity contribution in [3.05, 3.63) is 28.2 Å². The van der Waals surface area contributed by atoms with Gasteiger partial charge in [-0.1, -0.05) is 29.3 Å². The fraction of sp³-hybridized carbons (Fsp3) is 0.250. The topological polar surface area (TPSA) is 9.23 Å². The summed E-state index contributed by atoms with van der Waals surface area (Å²) < 4.78 is 5.27. The second kappa shape index (κ2) is 4.85. The van der Waals surface area contributed by atoms with Crippen LogP contribution >= 0.6 is 35.8 Å². The summed E-state index contributed by atoms with van der Waals surface area (Å²) in [4.78, 5) is 0. The molecular weight excluding hydrogens is 215 g/mol. The average molecular weight is 223 g/mol. The highest BCUT2D eigenvalue weighted by Crippen LogP contribution is 2.31. The first-order chi connectivity index (χ1) is 5.75. The van der Waals surface area contributed by atoms with Crippen LogP contribution in [-0.2, 0) is 0 Å². The van der Waals surface area contributed by atoms with Crippen molar-refractivity contribution >= 4 is 35.8 Å². The zero-order valence-electron chi connectivity index (χ0n) is 6.26. The molecule has 0 aromatic heterocycles. The number of benzene rings is 1. The van der Waals surface area contributed by atoms with Gasteiger partial charge in [0, 0.05) is 5.75 Å². The number of rotatable bonds is 3. The third-order valence-corrected chi connectivity index (χ3v) is 2.25. The molecule has 1 rings (SSSR count). The highest BCUT2D eigenvalue weighted by atomic mass is 35.5. The molecule has 0 aliphatic heterocycles. The van der Waals surface area contributed by atoms with Gasteiger partial charge >= 0.3 is 0 Å². The van der Waals surface area contributed by atoms with Crippen molar-refractivity contribution in [3.8, 4) is 5.75 Å². The first-order valence-corrected chi connectivity index (χ1v) is 4.82. The van der Waals surface area contributed by atoms with E-state index >= 15 is 0 Å². The maximum absolute atomic E-state index is 5.85. The Bertz CT molecular complexity index is 265. The van der Waals surface area contributed by atoms with E-state index in [0.717, 1.165) is 0 Å². The molecule has 0 N–H and O–H groups in total. The smallest absolute Gasteiger partial charge is 0.139 e. The lowest BCUT2D eigenvalue weighted by Gasteiger charge is -2.06. The lowest BCUT2D eigenvalue weighted by atomic mass is 10.3. The molecule has 0 saturated carbocycles. The van der Waals surface area contributed by atoms with E-state index in [1.807, 2.05) is 0 Å². The Morgan fingerprint density at radius 2 is 2.08 bits per heavy atom. The van der Waals surface area contributed by atoms with E-state index in [0.29, 0.717) is 28.2 Å². The highest BCUT2D eigenvalue weighted by Gasteiger charge is 2.03. The third kappa shape index (κ3) is 2.47. The van der Waals surface area contributed by atoms with Gasteiger partial charge < -0.3 is 4.74 Å². The molecule has 0 aliphatic carbocycles. The summed E-state index contributed by atoms with van der Waals surface area (Å²) in [6, 6.07) is 5.29. The standard InChI is InChI=1S/C8H8Cl2OS/c9-6-2-1-3-7(8(6)10)11-4-5-12/h1-3,12H,4-5H2. The van der Waals surface area contributed by atoms with Gasteiger partial charge in [-0.05, 0) is 12.1 Å². The first kappa shape index (κ1) is 10.0. The SMILES string of the molecule is SCCOc1cccc(Cl)c1Cl. The van der Waals surface area contributed by atoms with Crippen molar-refractivity contribution in [1.82, 2.24) is 0 Å². The van der Waals surface area contributed by atoms with Crippen molar-refractivity contribution in [3.63, 3.8) is 0 Å². The molecule has 0 aliphatic rings. The Kier molecular flexibility index (Phi) is 4.06. The molecule has 0 unspecified atom stereocenters. The maximum Gasteiger partial charge on any atom is 0.139 e. The second-order valence-corrected chi connectivity index (χ2v) is 3.36. The molecule has 0 radical (unpaired) electrons. The van der Waals surface area contributed by atoms with Crippen LogP contribution in [0, 0.1) is 0 Å². The van der Waals surface area contributed by atoms with Crippen LogP contribution in [0.25, 0.3) is 0 Å². The zero-order chi connectivity index (χ0) is 8.97. The quantitative estimate of drug-likeness (QED) is 0.773. The minimum absolute atomic E-state index is 0.459. The van der Waals surface area contributed by atoms with E-state index in [1.165, 1.54) is 0 Å². The maximum atomic E-state index is 5.85. The molecule has 1 nitrogen and oxygen atoms in total. The van der Waals surface area contributed by atoms with Crippen LogP contribution in [0.1, 0.15) is 0 Å². The number of ether oxygens (including phenoxy) is 1. The molecule has 66 valence electrons. The zero-order valence-corrected chi connectivity index (χ0v) is 8.66. The summed E-state index contributed by atoms with van der Waals surface area (Å²) in [6.07, 6.45) is 0. The molecule has 0 heterocycles. The molecule has 1 aromatic carbocycles. The van der Waals surface area contributed by atoms with Gasteiger partial charge in [-0.3, -0.25) is 0 Å². The Hall–Kier alpha value is -0.0500. The van der Waals surface area contributed by atoms with Crippen molar-refractivity contribution < 1.29 is 4.74 Å². The van der Waals surface area contributed by atoms with Gasteiger partial charge in [-0.2, -0.15) is 12.6 Å². The fourth-order valence-corrected chi connectivity index (χ4v) is 1.19. The minimum Gasteiger partial charge on any atom is -0.491 e. The monoisotopic (exact) mass is 222 g/mol. The van der Waals surface area contributed by atoms with Crippen molar-refractivity contribution in [2.24, 2.45) is 0 Å². The predicted molar refractivity (Wildman–Crippen MR) is 55.8 cm³/mol. The van der Waals surface area contributed by atoms with Crippen LogP contribution in [0.5, 0.6) is 5.75 Å². The molecule has 0 atom stereocenters. The Morgan fingerprint density at radius 1 is 1.33 bits per heavy atom. The molecule has 0 fully saturated rings. The van der Waals surface area contributed by atoms with Gasteiger partial charge in [0.15, 0.2) is 0 Å².